The molecule has 0 N–H and O–H groups in total. The van der Waals surface area contributed by atoms with E-state index in [2.05, 4.69) is 4.98 Å². The Labute approximate surface area is 149 Å². The zero-order chi connectivity index (χ0) is 18.8. The summed E-state index contributed by atoms with van der Waals surface area (Å²) < 4.78 is 9.33. The molecular formula is C17H21N5O4. The van der Waals surface area contributed by atoms with E-state index in [-0.39, 0.29) is 11.5 Å². The first kappa shape index (κ1) is 17.7. The fraction of sp³-hybridized carbons (Fsp3) is 0.412. The summed E-state index contributed by atoms with van der Waals surface area (Å²) in [6.45, 7) is 0.882. The number of rotatable bonds is 6. The fourth-order valence-corrected chi connectivity index (χ4v) is 2.88. The van der Waals surface area contributed by atoms with E-state index in [4.69, 9.17) is 4.42 Å². The molecule has 1 amide bonds. The molecule has 3 aromatic heterocycles. The maximum atomic E-state index is 12.4. The van der Waals surface area contributed by atoms with Crippen LogP contribution < -0.4 is 11.2 Å². The third kappa shape index (κ3) is 3.19. The smallest absolute Gasteiger partial charge is 0.332 e. The summed E-state index contributed by atoms with van der Waals surface area (Å²) in [6, 6.07) is 3.60. The van der Waals surface area contributed by atoms with Gasteiger partial charge in [-0.25, -0.2) is 9.78 Å². The van der Waals surface area contributed by atoms with E-state index in [0.717, 1.165) is 10.3 Å². The first-order valence-electron chi connectivity index (χ1n) is 8.27. The lowest BCUT2D eigenvalue weighted by molar-refractivity contribution is -0.130. The summed E-state index contributed by atoms with van der Waals surface area (Å²) in [5.41, 5.74) is -0.0882. The average Bonchev–Trinajstić information content (AvgIpc) is 3.27. The second kappa shape index (κ2) is 7.03. The normalized spacial score (nSPS) is 11.2. The zero-order valence-electron chi connectivity index (χ0n) is 15.0. The Kier molecular flexibility index (Phi) is 4.79. The molecule has 0 aliphatic carbocycles. The van der Waals surface area contributed by atoms with Crippen LogP contribution in [0.15, 0.2) is 38.7 Å². The molecule has 0 radical (unpaired) electrons. The van der Waals surface area contributed by atoms with E-state index in [1.807, 2.05) is 6.07 Å². The Morgan fingerprint density at radius 2 is 2.04 bits per heavy atom. The number of imidazole rings is 1. The van der Waals surface area contributed by atoms with Crippen molar-refractivity contribution in [3.8, 4) is 0 Å². The zero-order valence-corrected chi connectivity index (χ0v) is 15.0. The van der Waals surface area contributed by atoms with Crippen molar-refractivity contribution < 1.29 is 9.21 Å². The Morgan fingerprint density at radius 3 is 2.73 bits per heavy atom. The van der Waals surface area contributed by atoms with Crippen LogP contribution in [-0.4, -0.2) is 36.5 Å². The van der Waals surface area contributed by atoms with Crippen molar-refractivity contribution in [1.29, 1.82) is 0 Å². The number of nitrogens with zero attached hydrogens (tertiary/aromatic N) is 5. The lowest BCUT2D eigenvalue weighted by atomic mass is 10.2. The van der Waals surface area contributed by atoms with Gasteiger partial charge >= 0.3 is 5.69 Å². The van der Waals surface area contributed by atoms with Gasteiger partial charge in [-0.15, -0.1) is 0 Å². The number of carbonyl (C=O) groups is 1. The van der Waals surface area contributed by atoms with E-state index in [9.17, 15) is 14.4 Å². The largest absolute Gasteiger partial charge is 0.467 e. The first-order chi connectivity index (χ1) is 12.4. The minimum absolute atomic E-state index is 0.00822. The molecule has 0 fully saturated rings. The predicted molar refractivity (Wildman–Crippen MR) is 94.6 cm³/mol. The van der Waals surface area contributed by atoms with Gasteiger partial charge in [0.1, 0.15) is 5.76 Å². The molecule has 0 spiro atoms. The number of aryl methyl sites for hydroxylation is 2. The molecule has 3 aromatic rings. The maximum absolute atomic E-state index is 12.4. The van der Waals surface area contributed by atoms with Gasteiger partial charge in [-0.05, 0) is 18.6 Å². The number of hydrogen-bond donors (Lipinski definition) is 0. The highest BCUT2D eigenvalue weighted by atomic mass is 16.3. The topological polar surface area (TPSA) is 95.3 Å². The Morgan fingerprint density at radius 1 is 1.27 bits per heavy atom. The van der Waals surface area contributed by atoms with Crippen molar-refractivity contribution in [1.82, 2.24) is 23.6 Å². The van der Waals surface area contributed by atoms with Crippen LogP contribution in [0.1, 0.15) is 18.6 Å². The molecule has 138 valence electrons. The minimum atomic E-state index is -0.414. The average molecular weight is 359 g/mol. The molecule has 0 unspecified atom stereocenters. The van der Waals surface area contributed by atoms with Crippen LogP contribution in [0.5, 0.6) is 0 Å². The van der Waals surface area contributed by atoms with E-state index in [0.29, 0.717) is 37.1 Å². The molecule has 0 bridgehead atoms. The Bertz CT molecular complexity index is 1040. The van der Waals surface area contributed by atoms with Crippen molar-refractivity contribution in [2.75, 3.05) is 7.05 Å². The predicted octanol–water partition coefficient (Wildman–Crippen LogP) is 0.465. The maximum Gasteiger partial charge on any atom is 0.332 e. The van der Waals surface area contributed by atoms with Crippen LogP contribution in [0, 0.1) is 0 Å². The third-order valence-electron chi connectivity index (χ3n) is 4.41. The number of fused-ring (bicyclic) bond motifs is 1. The number of hydrogen-bond acceptors (Lipinski definition) is 5. The van der Waals surface area contributed by atoms with Gasteiger partial charge in [0.25, 0.3) is 5.56 Å². The van der Waals surface area contributed by atoms with Crippen LogP contribution in [-0.2, 0) is 32.0 Å². The van der Waals surface area contributed by atoms with Crippen molar-refractivity contribution in [2.45, 2.75) is 25.9 Å². The van der Waals surface area contributed by atoms with Crippen molar-refractivity contribution >= 4 is 17.1 Å². The number of aromatic nitrogens is 4. The summed E-state index contributed by atoms with van der Waals surface area (Å²) in [6.07, 6.45) is 4.00. The summed E-state index contributed by atoms with van der Waals surface area (Å²) in [4.78, 5) is 42.3. The van der Waals surface area contributed by atoms with Gasteiger partial charge in [0.05, 0.1) is 19.1 Å². The second-order valence-corrected chi connectivity index (χ2v) is 6.25. The van der Waals surface area contributed by atoms with Crippen LogP contribution in [0.25, 0.3) is 11.2 Å². The van der Waals surface area contributed by atoms with E-state index >= 15 is 0 Å². The summed E-state index contributed by atoms with van der Waals surface area (Å²) in [5, 5.41) is 0. The lowest BCUT2D eigenvalue weighted by Crippen LogP contribution is -2.37. The molecule has 0 aliphatic rings. The van der Waals surface area contributed by atoms with Crippen LogP contribution in [0.4, 0.5) is 0 Å². The van der Waals surface area contributed by atoms with Crippen LogP contribution in [0.3, 0.4) is 0 Å². The molecule has 0 atom stereocenters. The molecule has 0 aliphatic heterocycles. The highest BCUT2D eigenvalue weighted by molar-refractivity contribution is 5.75. The second-order valence-electron chi connectivity index (χ2n) is 6.25. The molecule has 26 heavy (non-hydrogen) atoms. The number of carbonyl (C=O) groups excluding carboxylic acids is 1. The Balaban J connectivity index is 1.68. The van der Waals surface area contributed by atoms with Crippen molar-refractivity contribution in [2.24, 2.45) is 14.1 Å². The van der Waals surface area contributed by atoms with Crippen LogP contribution >= 0.6 is 0 Å². The quantitative estimate of drug-likeness (QED) is 0.637. The van der Waals surface area contributed by atoms with Gasteiger partial charge in [0.2, 0.25) is 5.91 Å². The molecule has 3 heterocycles. The van der Waals surface area contributed by atoms with Gasteiger partial charge in [-0.2, -0.15) is 0 Å². The minimum Gasteiger partial charge on any atom is -0.467 e. The lowest BCUT2D eigenvalue weighted by Gasteiger charge is -2.15. The third-order valence-corrected chi connectivity index (χ3v) is 4.41. The standard InChI is InChI=1S/C17H21N5O4/c1-19(10-12-6-5-9-26-12)13(23)7-4-8-22-11-18-15-14(22)16(24)21(3)17(25)20(15)2/h5-6,9,11H,4,7-8,10H2,1-3H3. The highest BCUT2D eigenvalue weighted by Gasteiger charge is 2.15. The molecule has 3 rings (SSSR count). The molecule has 0 saturated carbocycles. The number of furan rings is 1. The van der Waals surface area contributed by atoms with Gasteiger partial charge in [-0.1, -0.05) is 0 Å². The molecular weight excluding hydrogens is 338 g/mol. The summed E-state index contributed by atoms with van der Waals surface area (Å²) in [7, 11) is 4.74. The van der Waals surface area contributed by atoms with Gasteiger partial charge < -0.3 is 13.9 Å². The number of amides is 1. The highest BCUT2D eigenvalue weighted by Crippen LogP contribution is 2.09. The molecule has 9 heteroatoms. The van der Waals surface area contributed by atoms with E-state index in [1.165, 1.54) is 17.9 Å². The van der Waals surface area contributed by atoms with Gasteiger partial charge in [0.15, 0.2) is 11.2 Å². The molecule has 0 aromatic carbocycles. The van der Waals surface area contributed by atoms with Gasteiger partial charge in [-0.3, -0.25) is 18.7 Å². The van der Waals surface area contributed by atoms with E-state index < -0.39 is 5.69 Å². The SMILES string of the molecule is CN(Cc1ccco1)C(=O)CCCn1cnc2c1c(=O)n(C)c(=O)n2C. The van der Waals surface area contributed by atoms with Crippen molar-refractivity contribution in [3.63, 3.8) is 0 Å². The fourth-order valence-electron chi connectivity index (χ4n) is 2.88. The van der Waals surface area contributed by atoms with Crippen LogP contribution in [0.2, 0.25) is 0 Å². The first-order valence-corrected chi connectivity index (χ1v) is 8.27. The summed E-state index contributed by atoms with van der Waals surface area (Å²) in [5.74, 6) is 0.719. The van der Waals surface area contributed by atoms with Crippen molar-refractivity contribution in [3.05, 3.63) is 51.3 Å². The Hall–Kier alpha value is -3.10. The van der Waals surface area contributed by atoms with Gasteiger partial charge in [0, 0.05) is 34.1 Å². The van der Waals surface area contributed by atoms with E-state index in [1.54, 1.807) is 35.9 Å². The summed E-state index contributed by atoms with van der Waals surface area (Å²) >= 11 is 0. The molecule has 9 nitrogen and oxygen atoms in total. The molecule has 0 saturated heterocycles. The monoisotopic (exact) mass is 359 g/mol.